The molecule has 0 radical (unpaired) electrons. The van der Waals surface area contributed by atoms with Crippen LogP contribution in [0.3, 0.4) is 0 Å². The minimum atomic E-state index is -3.12. The van der Waals surface area contributed by atoms with Crippen molar-refractivity contribution in [3.05, 3.63) is 35.9 Å². The smallest absolute Gasteiger partial charge is 0.212 e. The molecule has 19 heavy (non-hydrogen) atoms. The summed E-state index contributed by atoms with van der Waals surface area (Å²) in [5.74, 6) is 0.534. The average molecular weight is 304 g/mol. The number of unbranched alkanes of at least 4 members (excludes halogenated alkanes) is 1. The number of benzene rings is 1. The SMILES string of the molecule is CN(CCCCc1ccccc1)S(=O)(=O)CCCCl. The van der Waals surface area contributed by atoms with Crippen LogP contribution in [0.4, 0.5) is 0 Å². The van der Waals surface area contributed by atoms with Crippen molar-refractivity contribution < 1.29 is 8.42 Å². The number of halogens is 1. The van der Waals surface area contributed by atoms with Crippen LogP contribution in [-0.2, 0) is 16.4 Å². The Kier molecular flexibility index (Phi) is 7.42. The minimum Gasteiger partial charge on any atom is -0.212 e. The van der Waals surface area contributed by atoms with Crippen LogP contribution in [0.5, 0.6) is 0 Å². The molecule has 0 bridgehead atoms. The normalized spacial score (nSPS) is 11.9. The molecule has 3 nitrogen and oxygen atoms in total. The largest absolute Gasteiger partial charge is 0.213 e. The molecule has 0 unspecified atom stereocenters. The molecule has 1 aromatic rings. The molecule has 0 atom stereocenters. The van der Waals surface area contributed by atoms with E-state index in [9.17, 15) is 8.42 Å². The van der Waals surface area contributed by atoms with Gasteiger partial charge in [0.2, 0.25) is 10.0 Å². The van der Waals surface area contributed by atoms with Crippen molar-refractivity contribution in [3.8, 4) is 0 Å². The Morgan fingerprint density at radius 3 is 2.42 bits per heavy atom. The molecule has 0 spiro atoms. The highest BCUT2D eigenvalue weighted by Gasteiger charge is 2.16. The van der Waals surface area contributed by atoms with Crippen LogP contribution < -0.4 is 0 Å². The van der Waals surface area contributed by atoms with Crippen molar-refractivity contribution in [2.24, 2.45) is 0 Å². The predicted molar refractivity (Wildman–Crippen MR) is 81.1 cm³/mol. The monoisotopic (exact) mass is 303 g/mol. The fourth-order valence-electron chi connectivity index (χ4n) is 1.84. The predicted octanol–water partition coefficient (Wildman–Crippen LogP) is 2.90. The van der Waals surface area contributed by atoms with E-state index in [1.54, 1.807) is 7.05 Å². The molecule has 0 N–H and O–H groups in total. The zero-order chi connectivity index (χ0) is 14.1. The summed E-state index contributed by atoms with van der Waals surface area (Å²) in [5.41, 5.74) is 1.30. The Morgan fingerprint density at radius 2 is 1.79 bits per heavy atom. The van der Waals surface area contributed by atoms with Gasteiger partial charge in [0.15, 0.2) is 0 Å². The average Bonchev–Trinajstić information content (AvgIpc) is 2.42. The maximum atomic E-state index is 11.8. The Hall–Kier alpha value is -0.580. The van der Waals surface area contributed by atoms with Gasteiger partial charge in [-0.15, -0.1) is 11.6 Å². The van der Waals surface area contributed by atoms with Gasteiger partial charge in [0.05, 0.1) is 5.75 Å². The van der Waals surface area contributed by atoms with Crippen LogP contribution in [0, 0.1) is 0 Å². The standard InChI is InChI=1S/C14H22ClNO2S/c1-16(19(17,18)13-7-11-15)12-6-5-10-14-8-3-2-4-9-14/h2-4,8-9H,5-7,10-13H2,1H3. The Labute approximate surface area is 121 Å². The highest BCUT2D eigenvalue weighted by Crippen LogP contribution is 2.07. The summed E-state index contributed by atoms with van der Waals surface area (Å²) in [6.45, 7) is 0.581. The number of alkyl halides is 1. The van der Waals surface area contributed by atoms with Gasteiger partial charge in [0, 0.05) is 19.5 Å². The van der Waals surface area contributed by atoms with Crippen LogP contribution in [0.15, 0.2) is 30.3 Å². The first-order valence-electron chi connectivity index (χ1n) is 6.60. The number of rotatable bonds is 9. The molecule has 0 amide bonds. The minimum absolute atomic E-state index is 0.145. The Balaban J connectivity index is 2.25. The summed E-state index contributed by atoms with van der Waals surface area (Å²) in [6, 6.07) is 10.2. The van der Waals surface area contributed by atoms with Crippen molar-refractivity contribution in [1.29, 1.82) is 0 Å². The fourth-order valence-corrected chi connectivity index (χ4v) is 3.36. The lowest BCUT2D eigenvalue weighted by molar-refractivity contribution is 0.455. The van der Waals surface area contributed by atoms with Crippen LogP contribution in [0.25, 0.3) is 0 Å². The van der Waals surface area contributed by atoms with Gasteiger partial charge in [-0.25, -0.2) is 12.7 Å². The van der Waals surface area contributed by atoms with Gasteiger partial charge in [-0.05, 0) is 31.2 Å². The number of hydrogen-bond donors (Lipinski definition) is 0. The van der Waals surface area contributed by atoms with Crippen molar-refractivity contribution in [3.63, 3.8) is 0 Å². The molecular weight excluding hydrogens is 282 g/mol. The molecule has 0 saturated carbocycles. The molecule has 5 heteroatoms. The first-order chi connectivity index (χ1) is 9.06. The third kappa shape index (κ3) is 6.41. The first-order valence-corrected chi connectivity index (χ1v) is 8.74. The first kappa shape index (κ1) is 16.5. The van der Waals surface area contributed by atoms with Crippen LogP contribution >= 0.6 is 11.6 Å². The second kappa shape index (κ2) is 8.56. The summed E-state index contributed by atoms with van der Waals surface area (Å²) >= 11 is 5.52. The van der Waals surface area contributed by atoms with E-state index in [-0.39, 0.29) is 5.75 Å². The number of aryl methyl sites for hydroxylation is 1. The van der Waals surface area contributed by atoms with E-state index in [4.69, 9.17) is 11.6 Å². The summed E-state index contributed by atoms with van der Waals surface area (Å²) in [4.78, 5) is 0. The second-order valence-corrected chi connectivity index (χ2v) is 7.20. The van der Waals surface area contributed by atoms with E-state index < -0.39 is 10.0 Å². The molecule has 1 aromatic carbocycles. The van der Waals surface area contributed by atoms with E-state index in [0.29, 0.717) is 18.8 Å². The molecular formula is C14H22ClNO2S. The Morgan fingerprint density at radius 1 is 1.11 bits per heavy atom. The van der Waals surface area contributed by atoms with Gasteiger partial charge < -0.3 is 0 Å². The van der Waals surface area contributed by atoms with E-state index >= 15 is 0 Å². The summed E-state index contributed by atoms with van der Waals surface area (Å²) in [5, 5.41) is 0. The topological polar surface area (TPSA) is 37.4 Å². The summed E-state index contributed by atoms with van der Waals surface area (Å²) < 4.78 is 25.1. The van der Waals surface area contributed by atoms with Gasteiger partial charge >= 0.3 is 0 Å². The highest BCUT2D eigenvalue weighted by molar-refractivity contribution is 7.89. The van der Waals surface area contributed by atoms with Crippen molar-refractivity contribution >= 4 is 21.6 Å². The summed E-state index contributed by atoms with van der Waals surface area (Å²) in [7, 11) is -1.47. The molecule has 1 rings (SSSR count). The number of sulfonamides is 1. The van der Waals surface area contributed by atoms with Gasteiger partial charge in [-0.1, -0.05) is 30.3 Å². The summed E-state index contributed by atoms with van der Waals surface area (Å²) in [6.07, 6.45) is 3.39. The second-order valence-electron chi connectivity index (χ2n) is 4.62. The van der Waals surface area contributed by atoms with E-state index in [1.165, 1.54) is 9.87 Å². The van der Waals surface area contributed by atoms with Crippen molar-refractivity contribution in [2.75, 3.05) is 25.2 Å². The van der Waals surface area contributed by atoms with E-state index in [1.807, 2.05) is 18.2 Å². The van der Waals surface area contributed by atoms with E-state index in [0.717, 1.165) is 19.3 Å². The maximum absolute atomic E-state index is 11.8. The molecule has 0 aromatic heterocycles. The quantitative estimate of drug-likeness (QED) is 0.519. The lowest BCUT2D eigenvalue weighted by Crippen LogP contribution is -2.30. The Bertz CT molecular complexity index is 448. The van der Waals surface area contributed by atoms with Gasteiger partial charge in [-0.3, -0.25) is 0 Å². The van der Waals surface area contributed by atoms with Crippen LogP contribution in [-0.4, -0.2) is 37.9 Å². The van der Waals surface area contributed by atoms with Crippen LogP contribution in [0.2, 0.25) is 0 Å². The third-order valence-electron chi connectivity index (χ3n) is 3.04. The van der Waals surface area contributed by atoms with Gasteiger partial charge in [0.25, 0.3) is 0 Å². The molecule has 0 aliphatic heterocycles. The lowest BCUT2D eigenvalue weighted by Gasteiger charge is -2.16. The molecule has 108 valence electrons. The molecule has 0 fully saturated rings. The molecule has 0 heterocycles. The lowest BCUT2D eigenvalue weighted by atomic mass is 10.1. The van der Waals surface area contributed by atoms with Crippen LogP contribution in [0.1, 0.15) is 24.8 Å². The fraction of sp³-hybridized carbons (Fsp3) is 0.571. The van der Waals surface area contributed by atoms with Crippen molar-refractivity contribution in [1.82, 2.24) is 4.31 Å². The van der Waals surface area contributed by atoms with Crippen molar-refractivity contribution in [2.45, 2.75) is 25.7 Å². The molecule has 0 aliphatic carbocycles. The van der Waals surface area contributed by atoms with Gasteiger partial charge in [-0.2, -0.15) is 0 Å². The molecule has 0 saturated heterocycles. The molecule has 0 aliphatic rings. The third-order valence-corrected chi connectivity index (χ3v) is 5.25. The zero-order valence-corrected chi connectivity index (χ0v) is 13.0. The highest BCUT2D eigenvalue weighted by atomic mass is 35.5. The van der Waals surface area contributed by atoms with Gasteiger partial charge in [0.1, 0.15) is 0 Å². The van der Waals surface area contributed by atoms with E-state index in [2.05, 4.69) is 12.1 Å². The number of hydrogen-bond acceptors (Lipinski definition) is 2. The maximum Gasteiger partial charge on any atom is 0.213 e. The zero-order valence-electron chi connectivity index (χ0n) is 11.4. The number of nitrogens with zero attached hydrogens (tertiary/aromatic N) is 1.